The normalized spacial score (nSPS) is 15.3. The molecular weight excluding hydrogens is 288 g/mol. The van der Waals surface area contributed by atoms with Crippen molar-refractivity contribution in [3.8, 4) is 0 Å². The summed E-state index contributed by atoms with van der Waals surface area (Å²) in [6, 6.07) is 7.89. The minimum absolute atomic E-state index is 0.331. The van der Waals surface area contributed by atoms with Crippen molar-refractivity contribution >= 4 is 34.6 Å². The van der Waals surface area contributed by atoms with Crippen molar-refractivity contribution in [2.75, 3.05) is 47.4 Å². The highest BCUT2D eigenvalue weighted by atomic mass is 35.5. The van der Waals surface area contributed by atoms with E-state index in [-0.39, 0.29) is 0 Å². The Morgan fingerprint density at radius 2 is 1.71 bits per heavy atom. The van der Waals surface area contributed by atoms with E-state index >= 15 is 0 Å². The molecule has 0 bridgehead atoms. The molecule has 4 N–H and O–H groups in total. The SMILES string of the molecule is Nc1ncnc(N2CCN(c3cccc(Cl)c3)CC2)c1N. The Kier molecular flexibility index (Phi) is 3.70. The van der Waals surface area contributed by atoms with E-state index in [1.165, 1.54) is 6.33 Å². The van der Waals surface area contributed by atoms with E-state index in [0.717, 1.165) is 36.9 Å². The molecule has 0 amide bonds. The maximum atomic E-state index is 6.04. The van der Waals surface area contributed by atoms with Crippen LogP contribution in [0.25, 0.3) is 0 Å². The Labute approximate surface area is 128 Å². The summed E-state index contributed by atoms with van der Waals surface area (Å²) in [6.45, 7) is 3.41. The molecule has 0 saturated carbocycles. The monoisotopic (exact) mass is 304 g/mol. The molecule has 1 aromatic carbocycles. The molecule has 6 nitrogen and oxygen atoms in total. The van der Waals surface area contributed by atoms with Crippen molar-refractivity contribution in [2.24, 2.45) is 0 Å². The van der Waals surface area contributed by atoms with E-state index in [0.29, 0.717) is 17.3 Å². The van der Waals surface area contributed by atoms with Gasteiger partial charge in [-0.2, -0.15) is 0 Å². The maximum absolute atomic E-state index is 6.04. The lowest BCUT2D eigenvalue weighted by molar-refractivity contribution is 0.648. The third kappa shape index (κ3) is 2.80. The lowest BCUT2D eigenvalue weighted by Gasteiger charge is -2.37. The topological polar surface area (TPSA) is 84.3 Å². The fourth-order valence-corrected chi connectivity index (χ4v) is 2.69. The van der Waals surface area contributed by atoms with Gasteiger partial charge >= 0.3 is 0 Å². The van der Waals surface area contributed by atoms with Gasteiger partial charge in [-0.3, -0.25) is 0 Å². The highest BCUT2D eigenvalue weighted by Crippen LogP contribution is 2.26. The summed E-state index contributed by atoms with van der Waals surface area (Å²) < 4.78 is 0. The number of nitrogen functional groups attached to an aromatic ring is 2. The van der Waals surface area contributed by atoms with Gasteiger partial charge in [0.1, 0.15) is 12.0 Å². The molecule has 1 aliphatic rings. The molecule has 21 heavy (non-hydrogen) atoms. The largest absolute Gasteiger partial charge is 0.393 e. The maximum Gasteiger partial charge on any atom is 0.157 e. The van der Waals surface area contributed by atoms with Crippen molar-refractivity contribution in [3.63, 3.8) is 0 Å². The molecule has 1 fully saturated rings. The second-order valence-electron chi connectivity index (χ2n) is 4.95. The lowest BCUT2D eigenvalue weighted by atomic mass is 10.2. The van der Waals surface area contributed by atoms with Crippen LogP contribution in [-0.4, -0.2) is 36.1 Å². The van der Waals surface area contributed by atoms with Crippen LogP contribution in [0.2, 0.25) is 5.02 Å². The van der Waals surface area contributed by atoms with E-state index in [2.05, 4.69) is 25.8 Å². The summed E-state index contributed by atoms with van der Waals surface area (Å²) in [7, 11) is 0. The van der Waals surface area contributed by atoms with Gasteiger partial charge in [0.05, 0.1) is 0 Å². The first-order valence-electron chi connectivity index (χ1n) is 6.76. The molecule has 110 valence electrons. The minimum Gasteiger partial charge on any atom is -0.393 e. The van der Waals surface area contributed by atoms with Gasteiger partial charge in [0.15, 0.2) is 11.6 Å². The Morgan fingerprint density at radius 3 is 2.43 bits per heavy atom. The summed E-state index contributed by atoms with van der Waals surface area (Å²) in [5.74, 6) is 1.05. The van der Waals surface area contributed by atoms with Crippen LogP contribution in [-0.2, 0) is 0 Å². The number of hydrogen-bond donors (Lipinski definition) is 2. The van der Waals surface area contributed by atoms with Crippen molar-refractivity contribution in [2.45, 2.75) is 0 Å². The third-order valence-electron chi connectivity index (χ3n) is 3.65. The number of aromatic nitrogens is 2. The molecule has 0 radical (unpaired) electrons. The quantitative estimate of drug-likeness (QED) is 0.877. The number of nitrogens with two attached hydrogens (primary N) is 2. The van der Waals surface area contributed by atoms with Crippen molar-refractivity contribution in [1.29, 1.82) is 0 Å². The van der Waals surface area contributed by atoms with Crippen LogP contribution in [0.15, 0.2) is 30.6 Å². The number of rotatable bonds is 2. The second-order valence-corrected chi connectivity index (χ2v) is 5.39. The molecule has 2 aromatic rings. The van der Waals surface area contributed by atoms with Crippen LogP contribution in [0, 0.1) is 0 Å². The van der Waals surface area contributed by atoms with Crippen molar-refractivity contribution in [1.82, 2.24) is 9.97 Å². The van der Waals surface area contributed by atoms with Gasteiger partial charge in [0.2, 0.25) is 0 Å². The highest BCUT2D eigenvalue weighted by Gasteiger charge is 2.21. The van der Waals surface area contributed by atoms with Gasteiger partial charge in [-0.05, 0) is 18.2 Å². The van der Waals surface area contributed by atoms with Crippen LogP contribution in [0.3, 0.4) is 0 Å². The smallest absolute Gasteiger partial charge is 0.157 e. The number of anilines is 4. The third-order valence-corrected chi connectivity index (χ3v) is 3.88. The zero-order valence-electron chi connectivity index (χ0n) is 11.5. The predicted molar refractivity (Wildman–Crippen MR) is 86.7 cm³/mol. The lowest BCUT2D eigenvalue weighted by Crippen LogP contribution is -2.47. The molecule has 0 aliphatic carbocycles. The average molecular weight is 305 g/mol. The number of benzene rings is 1. The van der Waals surface area contributed by atoms with Gasteiger partial charge in [0.25, 0.3) is 0 Å². The van der Waals surface area contributed by atoms with Crippen molar-refractivity contribution in [3.05, 3.63) is 35.6 Å². The molecule has 0 atom stereocenters. The molecule has 1 aromatic heterocycles. The molecular formula is C14H17ClN6. The Morgan fingerprint density at radius 1 is 1.00 bits per heavy atom. The minimum atomic E-state index is 0.331. The second kappa shape index (κ2) is 5.65. The van der Waals surface area contributed by atoms with Gasteiger partial charge < -0.3 is 21.3 Å². The first-order valence-corrected chi connectivity index (χ1v) is 7.14. The van der Waals surface area contributed by atoms with E-state index in [4.69, 9.17) is 23.1 Å². The fraction of sp³-hybridized carbons (Fsp3) is 0.286. The first kappa shape index (κ1) is 13.8. The summed E-state index contributed by atoms with van der Waals surface area (Å²) >= 11 is 6.04. The van der Waals surface area contributed by atoms with Gasteiger partial charge in [-0.15, -0.1) is 0 Å². The van der Waals surface area contributed by atoms with Gasteiger partial charge in [-0.1, -0.05) is 17.7 Å². The number of piperazine rings is 1. The van der Waals surface area contributed by atoms with E-state index in [9.17, 15) is 0 Å². The first-order chi connectivity index (χ1) is 10.1. The van der Waals surface area contributed by atoms with Crippen LogP contribution in [0.4, 0.5) is 23.0 Å². The standard InChI is InChI=1S/C14H17ClN6/c15-10-2-1-3-11(8-10)20-4-6-21(7-5-20)14-12(16)13(17)18-9-19-14/h1-3,8-9H,4-7,16H2,(H2,17,18,19). The van der Waals surface area contributed by atoms with Crippen LogP contribution in [0.1, 0.15) is 0 Å². The molecule has 1 saturated heterocycles. The number of halogens is 1. The summed E-state index contributed by atoms with van der Waals surface area (Å²) in [5.41, 5.74) is 13.3. The van der Waals surface area contributed by atoms with Crippen LogP contribution >= 0.6 is 11.6 Å². The Hall–Kier alpha value is -2.21. The number of hydrogen-bond acceptors (Lipinski definition) is 6. The molecule has 0 unspecified atom stereocenters. The fourth-order valence-electron chi connectivity index (χ4n) is 2.50. The van der Waals surface area contributed by atoms with E-state index in [1.807, 2.05) is 18.2 Å². The average Bonchev–Trinajstić information content (AvgIpc) is 2.50. The molecule has 0 spiro atoms. The van der Waals surface area contributed by atoms with Gasteiger partial charge in [0, 0.05) is 36.9 Å². The molecule has 7 heteroatoms. The van der Waals surface area contributed by atoms with Crippen molar-refractivity contribution < 1.29 is 0 Å². The van der Waals surface area contributed by atoms with Gasteiger partial charge in [-0.25, -0.2) is 9.97 Å². The summed E-state index contributed by atoms with van der Waals surface area (Å²) in [6.07, 6.45) is 1.45. The summed E-state index contributed by atoms with van der Waals surface area (Å²) in [4.78, 5) is 12.6. The van der Waals surface area contributed by atoms with Crippen LogP contribution < -0.4 is 21.3 Å². The Bertz CT molecular complexity index is 639. The Balaban J connectivity index is 1.72. The highest BCUT2D eigenvalue weighted by molar-refractivity contribution is 6.30. The number of nitrogens with zero attached hydrogens (tertiary/aromatic N) is 4. The van der Waals surface area contributed by atoms with Crippen LogP contribution in [0.5, 0.6) is 0 Å². The molecule has 1 aliphatic heterocycles. The molecule has 2 heterocycles. The predicted octanol–water partition coefficient (Wildman–Crippen LogP) is 1.62. The zero-order valence-corrected chi connectivity index (χ0v) is 12.3. The molecule has 3 rings (SSSR count). The van der Waals surface area contributed by atoms with E-state index in [1.54, 1.807) is 0 Å². The van der Waals surface area contributed by atoms with E-state index < -0.39 is 0 Å². The summed E-state index contributed by atoms with van der Waals surface area (Å²) in [5, 5.41) is 0.753. The zero-order chi connectivity index (χ0) is 14.8.